The van der Waals surface area contributed by atoms with Crippen LogP contribution in [0.5, 0.6) is 5.75 Å². The topological polar surface area (TPSA) is 87.7 Å². The van der Waals surface area contributed by atoms with Gasteiger partial charge in [-0.2, -0.15) is 0 Å². The third-order valence-corrected chi connectivity index (χ3v) is 4.90. The highest BCUT2D eigenvalue weighted by atomic mass is 35.5. The van der Waals surface area contributed by atoms with E-state index in [1.165, 1.54) is 13.2 Å². The van der Waals surface area contributed by atoms with Crippen LogP contribution in [0.25, 0.3) is 0 Å². The summed E-state index contributed by atoms with van der Waals surface area (Å²) < 4.78 is 5.15. The second-order valence-corrected chi connectivity index (χ2v) is 6.98. The molecule has 27 heavy (non-hydrogen) atoms. The lowest BCUT2D eigenvalue weighted by Gasteiger charge is -2.29. The molecule has 0 heterocycles. The molecule has 2 amide bonds. The summed E-state index contributed by atoms with van der Waals surface area (Å²) in [5, 5.41) is 16.5. The Morgan fingerprint density at radius 1 is 1.19 bits per heavy atom. The first kappa shape index (κ1) is 19.2. The molecule has 1 aliphatic rings. The average molecular weight is 389 g/mol. The van der Waals surface area contributed by atoms with Crippen molar-refractivity contribution in [3.05, 3.63) is 59.1 Å². The standard InChI is InChI=1S/C20H21ClN2O4/c1-27-17-10-9-15(21)11-16(17)23-19(25)18(24)22-12-20(26,14-7-8-14)13-5-3-2-4-6-13/h2-6,9-11,14,26H,7-8,12H2,1H3,(H,22,24)(H,23,25)/t20-/m0/s1. The molecule has 0 saturated heterocycles. The molecule has 2 aromatic carbocycles. The Bertz CT molecular complexity index is 839. The van der Waals surface area contributed by atoms with Crippen molar-refractivity contribution in [3.63, 3.8) is 0 Å². The molecular weight excluding hydrogens is 368 g/mol. The zero-order valence-electron chi connectivity index (χ0n) is 14.9. The lowest BCUT2D eigenvalue weighted by atomic mass is 9.88. The average Bonchev–Trinajstić information content (AvgIpc) is 3.52. The predicted molar refractivity (Wildman–Crippen MR) is 103 cm³/mol. The van der Waals surface area contributed by atoms with Crippen LogP contribution in [0.15, 0.2) is 48.5 Å². The fraction of sp³-hybridized carbons (Fsp3) is 0.300. The van der Waals surface area contributed by atoms with Gasteiger partial charge in [0.2, 0.25) is 0 Å². The Balaban J connectivity index is 1.66. The highest BCUT2D eigenvalue weighted by Gasteiger charge is 2.45. The Hall–Kier alpha value is -2.57. The number of benzene rings is 2. The molecular formula is C20H21ClN2O4. The Labute approximate surface area is 162 Å². The molecule has 7 heteroatoms. The largest absolute Gasteiger partial charge is 0.495 e. The van der Waals surface area contributed by atoms with Crippen LogP contribution in [0.1, 0.15) is 18.4 Å². The quantitative estimate of drug-likeness (QED) is 0.664. The van der Waals surface area contributed by atoms with Gasteiger partial charge in [-0.1, -0.05) is 41.9 Å². The number of carbonyl (C=O) groups excluding carboxylic acids is 2. The van der Waals surface area contributed by atoms with Gasteiger partial charge in [0.25, 0.3) is 0 Å². The number of carbonyl (C=O) groups is 2. The molecule has 3 N–H and O–H groups in total. The van der Waals surface area contributed by atoms with Crippen LogP contribution < -0.4 is 15.4 Å². The Morgan fingerprint density at radius 3 is 2.52 bits per heavy atom. The van der Waals surface area contributed by atoms with Gasteiger partial charge in [-0.05, 0) is 42.5 Å². The number of hydrogen-bond donors (Lipinski definition) is 3. The molecule has 1 fully saturated rings. The Morgan fingerprint density at radius 2 is 1.89 bits per heavy atom. The molecule has 2 aromatic rings. The third kappa shape index (κ3) is 4.40. The zero-order valence-corrected chi connectivity index (χ0v) is 15.6. The van der Waals surface area contributed by atoms with Crippen LogP contribution in [-0.2, 0) is 15.2 Å². The number of nitrogens with one attached hydrogen (secondary N) is 2. The van der Waals surface area contributed by atoms with Crippen LogP contribution >= 0.6 is 11.6 Å². The van der Waals surface area contributed by atoms with Crippen molar-refractivity contribution in [2.45, 2.75) is 18.4 Å². The zero-order chi connectivity index (χ0) is 19.4. The summed E-state index contributed by atoms with van der Waals surface area (Å²) in [7, 11) is 1.45. The van der Waals surface area contributed by atoms with E-state index in [1.54, 1.807) is 12.1 Å². The summed E-state index contributed by atoms with van der Waals surface area (Å²) in [6, 6.07) is 13.9. The van der Waals surface area contributed by atoms with E-state index < -0.39 is 17.4 Å². The van der Waals surface area contributed by atoms with Crippen molar-refractivity contribution >= 4 is 29.1 Å². The molecule has 0 unspecified atom stereocenters. The smallest absolute Gasteiger partial charge is 0.313 e. The number of methoxy groups -OCH3 is 1. The van der Waals surface area contributed by atoms with E-state index in [0.717, 1.165) is 18.4 Å². The molecule has 6 nitrogen and oxygen atoms in total. The SMILES string of the molecule is COc1ccc(Cl)cc1NC(=O)C(=O)NC[C@](O)(c1ccccc1)C1CC1. The minimum absolute atomic E-state index is 0.0411. The maximum atomic E-state index is 12.2. The van der Waals surface area contributed by atoms with Crippen molar-refractivity contribution in [3.8, 4) is 5.75 Å². The molecule has 0 radical (unpaired) electrons. The number of hydrogen-bond acceptors (Lipinski definition) is 4. The van der Waals surface area contributed by atoms with Gasteiger partial charge in [0.1, 0.15) is 11.4 Å². The van der Waals surface area contributed by atoms with Crippen LogP contribution in [0, 0.1) is 5.92 Å². The van der Waals surface area contributed by atoms with Gasteiger partial charge in [-0.3, -0.25) is 9.59 Å². The van der Waals surface area contributed by atoms with Crippen LogP contribution in [0.2, 0.25) is 5.02 Å². The van der Waals surface area contributed by atoms with Crippen molar-refractivity contribution in [1.82, 2.24) is 5.32 Å². The summed E-state index contributed by atoms with van der Waals surface area (Å²) in [5.41, 5.74) is -0.166. The first-order chi connectivity index (χ1) is 12.9. The van der Waals surface area contributed by atoms with E-state index in [-0.39, 0.29) is 12.5 Å². The van der Waals surface area contributed by atoms with Crippen molar-refractivity contribution in [1.29, 1.82) is 0 Å². The summed E-state index contributed by atoms with van der Waals surface area (Å²) in [5.74, 6) is -1.25. The molecule has 1 aliphatic carbocycles. The molecule has 1 atom stereocenters. The maximum absolute atomic E-state index is 12.2. The maximum Gasteiger partial charge on any atom is 0.313 e. The van der Waals surface area contributed by atoms with Gasteiger partial charge in [-0.25, -0.2) is 0 Å². The molecule has 0 spiro atoms. The Kier molecular flexibility index (Phi) is 5.68. The van der Waals surface area contributed by atoms with E-state index in [4.69, 9.17) is 16.3 Å². The second-order valence-electron chi connectivity index (χ2n) is 6.55. The summed E-state index contributed by atoms with van der Waals surface area (Å²) in [6.07, 6.45) is 1.76. The number of aliphatic hydroxyl groups is 1. The fourth-order valence-corrected chi connectivity index (χ4v) is 3.19. The summed E-state index contributed by atoms with van der Waals surface area (Å²) in [4.78, 5) is 24.5. The molecule has 0 aromatic heterocycles. The lowest BCUT2D eigenvalue weighted by molar-refractivity contribution is -0.137. The third-order valence-electron chi connectivity index (χ3n) is 4.66. The molecule has 0 bridgehead atoms. The summed E-state index contributed by atoms with van der Waals surface area (Å²) in [6.45, 7) is -0.0411. The van der Waals surface area contributed by atoms with Gasteiger partial charge in [-0.15, -0.1) is 0 Å². The normalized spacial score (nSPS) is 15.5. The van der Waals surface area contributed by atoms with E-state index in [9.17, 15) is 14.7 Å². The number of halogens is 1. The van der Waals surface area contributed by atoms with Gasteiger partial charge < -0.3 is 20.5 Å². The van der Waals surface area contributed by atoms with Crippen LogP contribution in [0.4, 0.5) is 5.69 Å². The lowest BCUT2D eigenvalue weighted by Crippen LogP contribution is -2.45. The number of ether oxygens (including phenoxy) is 1. The van der Waals surface area contributed by atoms with E-state index >= 15 is 0 Å². The van der Waals surface area contributed by atoms with Gasteiger partial charge in [0, 0.05) is 5.02 Å². The molecule has 1 saturated carbocycles. The van der Waals surface area contributed by atoms with Gasteiger partial charge in [0.15, 0.2) is 0 Å². The highest BCUT2D eigenvalue weighted by Crippen LogP contribution is 2.45. The van der Waals surface area contributed by atoms with Crippen molar-refractivity contribution < 1.29 is 19.4 Å². The van der Waals surface area contributed by atoms with E-state index in [1.807, 2.05) is 30.3 Å². The second kappa shape index (κ2) is 7.98. The monoisotopic (exact) mass is 388 g/mol. The predicted octanol–water partition coefficient (Wildman–Crippen LogP) is 2.70. The van der Waals surface area contributed by atoms with Gasteiger partial charge in [0.05, 0.1) is 19.3 Å². The minimum atomic E-state index is -1.19. The minimum Gasteiger partial charge on any atom is -0.495 e. The number of rotatable bonds is 6. The number of anilines is 1. The molecule has 3 rings (SSSR count). The fourth-order valence-electron chi connectivity index (χ4n) is 3.02. The molecule has 142 valence electrons. The first-order valence-electron chi connectivity index (χ1n) is 8.64. The van der Waals surface area contributed by atoms with Gasteiger partial charge >= 0.3 is 11.8 Å². The van der Waals surface area contributed by atoms with Crippen LogP contribution in [-0.4, -0.2) is 30.6 Å². The highest BCUT2D eigenvalue weighted by molar-refractivity contribution is 6.40. The summed E-state index contributed by atoms with van der Waals surface area (Å²) >= 11 is 5.93. The molecule has 0 aliphatic heterocycles. The number of amides is 2. The van der Waals surface area contributed by atoms with E-state index in [0.29, 0.717) is 16.5 Å². The van der Waals surface area contributed by atoms with E-state index in [2.05, 4.69) is 10.6 Å². The van der Waals surface area contributed by atoms with Crippen molar-refractivity contribution in [2.24, 2.45) is 5.92 Å². The van der Waals surface area contributed by atoms with Crippen LogP contribution in [0.3, 0.4) is 0 Å². The van der Waals surface area contributed by atoms with Crippen molar-refractivity contribution in [2.75, 3.05) is 19.0 Å². The first-order valence-corrected chi connectivity index (χ1v) is 9.02.